The van der Waals surface area contributed by atoms with E-state index < -0.39 is 0 Å². The lowest BCUT2D eigenvalue weighted by Gasteiger charge is -2.09. The molecule has 4 nitrogen and oxygen atoms in total. The summed E-state index contributed by atoms with van der Waals surface area (Å²) in [7, 11) is 0. The van der Waals surface area contributed by atoms with E-state index in [1.54, 1.807) is 18.4 Å². The van der Waals surface area contributed by atoms with Crippen LogP contribution >= 0.6 is 0 Å². The predicted molar refractivity (Wildman–Crippen MR) is 91.0 cm³/mol. The quantitative estimate of drug-likeness (QED) is 0.363. The van der Waals surface area contributed by atoms with Gasteiger partial charge in [-0.1, -0.05) is 25.0 Å². The van der Waals surface area contributed by atoms with Gasteiger partial charge in [-0.2, -0.15) is 0 Å². The second-order valence-electron chi connectivity index (χ2n) is 5.64. The number of benzene rings is 1. The van der Waals surface area contributed by atoms with E-state index in [1.165, 1.54) is 11.6 Å². The Balaban J connectivity index is 1.90. The van der Waals surface area contributed by atoms with Crippen LogP contribution in [0, 0.1) is 0 Å². The maximum Gasteiger partial charge on any atom is 0.336 e. The average Bonchev–Trinajstić information content (AvgIpc) is 2.98. The fraction of sp³-hybridized carbons (Fsp3) is 0.316. The van der Waals surface area contributed by atoms with E-state index in [-0.39, 0.29) is 5.63 Å². The van der Waals surface area contributed by atoms with Crippen LogP contribution < -0.4 is 10.4 Å². The molecule has 0 spiro atoms. The van der Waals surface area contributed by atoms with Gasteiger partial charge >= 0.3 is 5.63 Å². The number of hydrogen-bond acceptors (Lipinski definition) is 4. The second kappa shape index (κ2) is 6.73. The van der Waals surface area contributed by atoms with Gasteiger partial charge in [0.2, 0.25) is 0 Å². The van der Waals surface area contributed by atoms with Crippen molar-refractivity contribution in [2.45, 2.75) is 33.1 Å². The van der Waals surface area contributed by atoms with Gasteiger partial charge in [-0.15, -0.1) is 0 Å². The topological polar surface area (TPSA) is 52.6 Å². The molecule has 0 saturated carbocycles. The minimum absolute atomic E-state index is 0.382. The maximum atomic E-state index is 11.4. The van der Waals surface area contributed by atoms with Crippen LogP contribution in [-0.4, -0.2) is 6.61 Å². The molecule has 1 aromatic carbocycles. The molecule has 4 heteroatoms. The maximum absolute atomic E-state index is 11.4. The van der Waals surface area contributed by atoms with Crippen molar-refractivity contribution in [1.82, 2.24) is 0 Å². The van der Waals surface area contributed by atoms with Crippen molar-refractivity contribution >= 4 is 21.9 Å². The van der Waals surface area contributed by atoms with E-state index in [1.807, 2.05) is 6.07 Å². The fourth-order valence-corrected chi connectivity index (χ4v) is 2.73. The van der Waals surface area contributed by atoms with Crippen molar-refractivity contribution in [3.05, 3.63) is 52.6 Å². The van der Waals surface area contributed by atoms with E-state index in [0.717, 1.165) is 30.0 Å². The molecule has 2 heterocycles. The van der Waals surface area contributed by atoms with Crippen LogP contribution in [0.5, 0.6) is 5.75 Å². The minimum Gasteiger partial charge on any atom is -0.492 e. The predicted octanol–water partition coefficient (Wildman–Crippen LogP) is 5.05. The number of allylic oxidation sites excluding steroid dienone is 1. The summed E-state index contributed by atoms with van der Waals surface area (Å²) in [4.78, 5) is 11.4. The SMILES string of the molecule is CCC/C(C)=C/CCOc1c2ccoc2cc2oc(=O)ccc12. The van der Waals surface area contributed by atoms with Crippen molar-refractivity contribution in [3.8, 4) is 5.75 Å². The van der Waals surface area contributed by atoms with Gasteiger partial charge in [0.25, 0.3) is 0 Å². The molecule has 0 N–H and O–H groups in total. The highest BCUT2D eigenvalue weighted by Crippen LogP contribution is 2.35. The van der Waals surface area contributed by atoms with Crippen LogP contribution in [-0.2, 0) is 0 Å². The van der Waals surface area contributed by atoms with Crippen LogP contribution in [0.1, 0.15) is 33.1 Å². The average molecular weight is 312 g/mol. The van der Waals surface area contributed by atoms with Crippen LogP contribution in [0.2, 0.25) is 0 Å². The Hall–Kier alpha value is -2.49. The molecule has 0 aliphatic rings. The normalized spacial score (nSPS) is 12.2. The molecular formula is C19H20O4. The summed E-state index contributed by atoms with van der Waals surface area (Å²) in [5, 5.41) is 1.67. The lowest BCUT2D eigenvalue weighted by molar-refractivity contribution is 0.331. The van der Waals surface area contributed by atoms with Gasteiger partial charge in [0.1, 0.15) is 16.9 Å². The van der Waals surface area contributed by atoms with E-state index >= 15 is 0 Å². The van der Waals surface area contributed by atoms with Crippen molar-refractivity contribution in [1.29, 1.82) is 0 Å². The number of rotatable bonds is 6. The summed E-state index contributed by atoms with van der Waals surface area (Å²) in [6.07, 6.45) is 6.94. The Kier molecular flexibility index (Phi) is 4.51. The molecule has 3 rings (SSSR count). The van der Waals surface area contributed by atoms with Gasteiger partial charge in [-0.25, -0.2) is 4.79 Å². The highest BCUT2D eigenvalue weighted by atomic mass is 16.5. The van der Waals surface area contributed by atoms with Crippen molar-refractivity contribution in [3.63, 3.8) is 0 Å². The zero-order chi connectivity index (χ0) is 16.2. The number of furan rings is 1. The second-order valence-corrected chi connectivity index (χ2v) is 5.64. The van der Waals surface area contributed by atoms with Gasteiger partial charge in [0.05, 0.1) is 23.6 Å². The van der Waals surface area contributed by atoms with E-state index in [9.17, 15) is 4.79 Å². The Bertz CT molecular complexity index is 899. The summed E-state index contributed by atoms with van der Waals surface area (Å²) in [5.41, 5.74) is 2.13. The molecule has 0 atom stereocenters. The fourth-order valence-electron chi connectivity index (χ4n) is 2.73. The molecular weight excluding hydrogens is 292 g/mol. The summed E-state index contributed by atoms with van der Waals surface area (Å²) in [6, 6.07) is 6.74. The van der Waals surface area contributed by atoms with Gasteiger partial charge in [0, 0.05) is 12.1 Å². The molecule has 3 aromatic rings. The highest BCUT2D eigenvalue weighted by molar-refractivity contribution is 6.01. The number of hydrogen-bond donors (Lipinski definition) is 0. The Labute approximate surface area is 134 Å². The summed E-state index contributed by atoms with van der Waals surface area (Å²) >= 11 is 0. The van der Waals surface area contributed by atoms with Crippen LogP contribution in [0.4, 0.5) is 0 Å². The molecule has 0 aliphatic heterocycles. The monoisotopic (exact) mass is 312 g/mol. The number of fused-ring (bicyclic) bond motifs is 2. The molecule has 0 bridgehead atoms. The largest absolute Gasteiger partial charge is 0.492 e. The van der Waals surface area contributed by atoms with Crippen LogP contribution in [0.25, 0.3) is 21.9 Å². The van der Waals surface area contributed by atoms with E-state index in [4.69, 9.17) is 13.6 Å². The summed E-state index contributed by atoms with van der Waals surface area (Å²) in [6.45, 7) is 4.89. The number of ether oxygens (including phenoxy) is 1. The third kappa shape index (κ3) is 3.31. The molecule has 0 saturated heterocycles. The van der Waals surface area contributed by atoms with E-state index in [0.29, 0.717) is 23.5 Å². The van der Waals surface area contributed by atoms with Crippen molar-refractivity contribution < 1.29 is 13.6 Å². The van der Waals surface area contributed by atoms with Crippen molar-refractivity contribution in [2.24, 2.45) is 0 Å². The van der Waals surface area contributed by atoms with Crippen LogP contribution in [0.3, 0.4) is 0 Å². The Morgan fingerprint density at radius 2 is 2.04 bits per heavy atom. The zero-order valence-electron chi connectivity index (χ0n) is 13.4. The first-order valence-corrected chi connectivity index (χ1v) is 7.91. The molecule has 0 unspecified atom stereocenters. The summed E-state index contributed by atoms with van der Waals surface area (Å²) in [5.74, 6) is 0.705. The molecule has 2 aromatic heterocycles. The molecule has 0 radical (unpaired) electrons. The molecule has 0 aliphatic carbocycles. The minimum atomic E-state index is -0.382. The van der Waals surface area contributed by atoms with Gasteiger partial charge in [0.15, 0.2) is 0 Å². The van der Waals surface area contributed by atoms with Crippen molar-refractivity contribution in [2.75, 3.05) is 6.61 Å². The van der Waals surface area contributed by atoms with Crippen LogP contribution in [0.15, 0.2) is 55.8 Å². The van der Waals surface area contributed by atoms with E-state index in [2.05, 4.69) is 19.9 Å². The smallest absolute Gasteiger partial charge is 0.336 e. The lowest BCUT2D eigenvalue weighted by Crippen LogP contribution is -2.00. The molecule has 120 valence electrons. The molecule has 0 amide bonds. The molecule has 23 heavy (non-hydrogen) atoms. The Morgan fingerprint density at radius 1 is 1.22 bits per heavy atom. The summed E-state index contributed by atoms with van der Waals surface area (Å²) < 4.78 is 16.7. The standard InChI is InChI=1S/C19H20O4/c1-3-5-13(2)6-4-10-22-19-14-7-8-18(20)23-17(14)12-16-15(19)9-11-21-16/h6-9,11-12H,3-5,10H2,1-2H3/b13-6+. The Morgan fingerprint density at radius 3 is 2.87 bits per heavy atom. The van der Waals surface area contributed by atoms with Gasteiger partial charge in [-0.3, -0.25) is 0 Å². The third-order valence-corrected chi connectivity index (χ3v) is 3.81. The first-order valence-electron chi connectivity index (χ1n) is 7.91. The highest BCUT2D eigenvalue weighted by Gasteiger charge is 2.12. The molecule has 0 fully saturated rings. The zero-order valence-corrected chi connectivity index (χ0v) is 13.4. The van der Waals surface area contributed by atoms with Gasteiger partial charge < -0.3 is 13.6 Å². The lowest BCUT2D eigenvalue weighted by atomic mass is 10.1. The first-order chi connectivity index (χ1) is 11.2. The first kappa shape index (κ1) is 15.4. The van der Waals surface area contributed by atoms with Gasteiger partial charge in [-0.05, 0) is 31.9 Å². The third-order valence-electron chi connectivity index (χ3n) is 3.81.